The van der Waals surface area contributed by atoms with E-state index < -0.39 is 15.3 Å². The first-order valence-corrected chi connectivity index (χ1v) is 10.1. The minimum Gasteiger partial charge on any atom is -0.212 e. The number of hydrogen-bond acceptors (Lipinski definition) is 2. The summed E-state index contributed by atoms with van der Waals surface area (Å²) in [4.78, 5) is 0. The summed E-state index contributed by atoms with van der Waals surface area (Å²) in [5.41, 5.74) is 0.733. The quantitative estimate of drug-likeness (QED) is 0.921. The van der Waals surface area contributed by atoms with Gasteiger partial charge in [0.2, 0.25) is 10.0 Å². The average Bonchev–Trinajstić information content (AvgIpc) is 2.44. The Morgan fingerprint density at radius 3 is 2.00 bits per heavy atom. The van der Waals surface area contributed by atoms with Crippen molar-refractivity contribution in [3.63, 3.8) is 0 Å². The van der Waals surface area contributed by atoms with Crippen molar-refractivity contribution in [1.82, 2.24) is 4.72 Å². The van der Waals surface area contributed by atoms with Crippen LogP contribution in [0.2, 0.25) is 0 Å². The zero-order valence-corrected chi connectivity index (χ0v) is 14.0. The number of sulfonamides is 1. The molecule has 0 aromatic heterocycles. The van der Waals surface area contributed by atoms with E-state index in [0.717, 1.165) is 42.6 Å². The molecule has 0 aliphatic heterocycles. The topological polar surface area (TPSA) is 46.2 Å². The molecule has 4 aliphatic rings. The van der Waals surface area contributed by atoms with Gasteiger partial charge in [-0.2, -0.15) is 0 Å². The van der Waals surface area contributed by atoms with Crippen molar-refractivity contribution >= 4 is 10.0 Å². The Hall–Kier alpha value is -0.870. The van der Waals surface area contributed by atoms with Gasteiger partial charge in [-0.15, -0.1) is 0 Å². The molecule has 4 saturated carbocycles. The van der Waals surface area contributed by atoms with Gasteiger partial charge in [-0.25, -0.2) is 13.1 Å². The van der Waals surface area contributed by atoms with Gasteiger partial charge in [-0.3, -0.25) is 0 Å². The van der Waals surface area contributed by atoms with Gasteiger partial charge in [-0.05, 0) is 68.8 Å². The molecule has 4 fully saturated rings. The van der Waals surface area contributed by atoms with Crippen molar-refractivity contribution in [3.05, 3.63) is 35.9 Å². The van der Waals surface area contributed by atoms with Crippen molar-refractivity contribution < 1.29 is 8.42 Å². The number of rotatable bonds is 4. The Labute approximate surface area is 133 Å². The predicted molar refractivity (Wildman–Crippen MR) is 87.8 cm³/mol. The highest BCUT2D eigenvalue weighted by Gasteiger charge is 2.52. The van der Waals surface area contributed by atoms with Crippen LogP contribution in [0, 0.1) is 17.8 Å². The van der Waals surface area contributed by atoms with Crippen LogP contribution in [-0.2, 0) is 10.0 Å². The molecule has 0 heterocycles. The van der Waals surface area contributed by atoms with Crippen molar-refractivity contribution in [2.24, 2.45) is 17.8 Å². The van der Waals surface area contributed by atoms with Gasteiger partial charge in [0.25, 0.3) is 0 Å². The summed E-state index contributed by atoms with van der Waals surface area (Å²) in [5, 5.41) is -0.485. The van der Waals surface area contributed by atoms with Crippen LogP contribution in [0.1, 0.15) is 56.3 Å². The summed E-state index contributed by atoms with van der Waals surface area (Å²) in [6, 6.07) is 9.56. The lowest BCUT2D eigenvalue weighted by Gasteiger charge is -2.56. The second-order valence-corrected chi connectivity index (χ2v) is 9.90. The average molecular weight is 319 g/mol. The van der Waals surface area contributed by atoms with Crippen LogP contribution in [0.15, 0.2) is 30.3 Å². The van der Waals surface area contributed by atoms with Gasteiger partial charge < -0.3 is 0 Å². The van der Waals surface area contributed by atoms with E-state index in [4.69, 9.17) is 0 Å². The van der Waals surface area contributed by atoms with Crippen molar-refractivity contribution in [1.29, 1.82) is 0 Å². The summed E-state index contributed by atoms with van der Waals surface area (Å²) in [7, 11) is -3.33. The van der Waals surface area contributed by atoms with Gasteiger partial charge in [0.1, 0.15) is 0 Å². The second kappa shape index (κ2) is 5.07. The van der Waals surface area contributed by atoms with E-state index in [0.29, 0.717) is 0 Å². The first-order valence-electron chi connectivity index (χ1n) is 8.53. The predicted octanol–water partition coefficient (Wildman–Crippen LogP) is 3.64. The van der Waals surface area contributed by atoms with Crippen LogP contribution in [-0.4, -0.2) is 14.0 Å². The van der Waals surface area contributed by atoms with Crippen LogP contribution in [0.3, 0.4) is 0 Å². The minimum atomic E-state index is -3.33. The van der Waals surface area contributed by atoms with E-state index in [1.807, 2.05) is 30.3 Å². The van der Waals surface area contributed by atoms with Crippen LogP contribution < -0.4 is 4.72 Å². The molecule has 120 valence electrons. The van der Waals surface area contributed by atoms with Gasteiger partial charge >= 0.3 is 0 Å². The SMILES string of the molecule is C[C@@H](c1ccccc1)S(=O)(=O)NC12CC3CC(CC(C3)C1)C2. The largest absolute Gasteiger partial charge is 0.218 e. The lowest BCUT2D eigenvalue weighted by Crippen LogP contribution is -2.60. The maximum Gasteiger partial charge on any atom is 0.218 e. The molecule has 0 spiro atoms. The third-order valence-corrected chi connectivity index (χ3v) is 8.05. The lowest BCUT2D eigenvalue weighted by atomic mass is 9.53. The molecule has 4 heteroatoms. The normalized spacial score (nSPS) is 38.1. The summed E-state index contributed by atoms with van der Waals surface area (Å²) >= 11 is 0. The molecule has 1 N–H and O–H groups in total. The van der Waals surface area contributed by atoms with Crippen LogP contribution in [0.25, 0.3) is 0 Å². The zero-order valence-electron chi connectivity index (χ0n) is 13.2. The van der Waals surface area contributed by atoms with Gasteiger partial charge in [0.15, 0.2) is 0 Å². The molecule has 0 unspecified atom stereocenters. The lowest BCUT2D eigenvalue weighted by molar-refractivity contribution is -0.00821. The number of benzene rings is 1. The highest BCUT2D eigenvalue weighted by atomic mass is 32.2. The van der Waals surface area contributed by atoms with E-state index in [-0.39, 0.29) is 5.54 Å². The number of hydrogen-bond donors (Lipinski definition) is 1. The number of nitrogens with one attached hydrogen (secondary N) is 1. The molecular weight excluding hydrogens is 294 g/mol. The molecule has 0 amide bonds. The summed E-state index contributed by atoms with van der Waals surface area (Å²) in [6.07, 6.45) is 7.15. The van der Waals surface area contributed by atoms with Crippen molar-refractivity contribution in [2.45, 2.75) is 56.2 Å². The third-order valence-electron chi connectivity index (χ3n) is 6.13. The summed E-state index contributed by atoms with van der Waals surface area (Å²) in [6.45, 7) is 1.80. The standard InChI is InChI=1S/C18H25NO2S/c1-13(17-5-3-2-4-6-17)22(20,21)19-18-10-14-7-15(11-18)9-16(8-14)12-18/h2-6,13-16,19H,7-12H2,1H3/t13-,14?,15?,16?,18?/m0/s1. The van der Waals surface area contributed by atoms with Crippen LogP contribution in [0.5, 0.6) is 0 Å². The fourth-order valence-electron chi connectivity index (χ4n) is 5.53. The molecule has 4 bridgehead atoms. The van der Waals surface area contributed by atoms with Crippen molar-refractivity contribution in [2.75, 3.05) is 0 Å². The molecule has 1 aromatic carbocycles. The zero-order chi connectivity index (χ0) is 15.4. The Bertz CT molecular complexity index is 618. The van der Waals surface area contributed by atoms with Crippen LogP contribution in [0.4, 0.5) is 0 Å². The van der Waals surface area contributed by atoms with Gasteiger partial charge in [-0.1, -0.05) is 30.3 Å². The molecule has 22 heavy (non-hydrogen) atoms. The molecule has 3 nitrogen and oxygen atoms in total. The third kappa shape index (κ3) is 2.50. The summed E-state index contributed by atoms with van der Waals surface area (Å²) in [5.74, 6) is 2.25. The smallest absolute Gasteiger partial charge is 0.212 e. The maximum absolute atomic E-state index is 12.9. The van der Waals surface area contributed by atoms with E-state index in [2.05, 4.69) is 4.72 Å². The fraction of sp³-hybridized carbons (Fsp3) is 0.667. The van der Waals surface area contributed by atoms with E-state index in [9.17, 15) is 8.42 Å². The monoisotopic (exact) mass is 319 g/mol. The highest BCUT2D eigenvalue weighted by Crippen LogP contribution is 2.56. The van der Waals surface area contributed by atoms with E-state index in [1.54, 1.807) is 6.92 Å². The second-order valence-electron chi connectivity index (χ2n) is 7.90. The molecule has 0 radical (unpaired) electrons. The van der Waals surface area contributed by atoms with E-state index in [1.165, 1.54) is 19.3 Å². The highest BCUT2D eigenvalue weighted by molar-refractivity contribution is 7.89. The Morgan fingerprint density at radius 2 is 1.50 bits per heavy atom. The molecule has 1 atom stereocenters. The Kier molecular flexibility index (Phi) is 3.39. The summed E-state index contributed by atoms with van der Waals surface area (Å²) < 4.78 is 29.0. The van der Waals surface area contributed by atoms with E-state index >= 15 is 0 Å². The maximum atomic E-state index is 12.9. The minimum absolute atomic E-state index is 0.142. The first kappa shape index (κ1) is 14.7. The fourth-order valence-corrected chi connectivity index (χ4v) is 7.07. The van der Waals surface area contributed by atoms with Gasteiger partial charge in [0, 0.05) is 5.54 Å². The molecular formula is C18H25NO2S. The molecule has 5 rings (SSSR count). The first-order chi connectivity index (χ1) is 10.5. The Morgan fingerprint density at radius 1 is 1.00 bits per heavy atom. The van der Waals surface area contributed by atoms with Crippen LogP contribution >= 0.6 is 0 Å². The Balaban J connectivity index is 1.57. The molecule has 0 saturated heterocycles. The van der Waals surface area contributed by atoms with Gasteiger partial charge in [0.05, 0.1) is 5.25 Å². The van der Waals surface area contributed by atoms with Crippen molar-refractivity contribution in [3.8, 4) is 0 Å². The molecule has 1 aromatic rings. The molecule has 4 aliphatic carbocycles.